The Morgan fingerprint density at radius 1 is 1.15 bits per heavy atom. The number of hydrogen-bond acceptors (Lipinski definition) is 4. The van der Waals surface area contributed by atoms with E-state index < -0.39 is 5.97 Å². The second kappa shape index (κ2) is 8.92. The summed E-state index contributed by atoms with van der Waals surface area (Å²) in [5, 5.41) is 11.1. The molecule has 110 valence electrons. The van der Waals surface area contributed by atoms with Gasteiger partial charge in [0.1, 0.15) is 12.4 Å². The first-order chi connectivity index (χ1) is 9.61. The molecule has 20 heavy (non-hydrogen) atoms. The van der Waals surface area contributed by atoms with Gasteiger partial charge >= 0.3 is 5.97 Å². The lowest BCUT2D eigenvalue weighted by molar-refractivity contribution is -0.138. The monoisotopic (exact) mass is 281 g/mol. The van der Waals surface area contributed by atoms with Gasteiger partial charge in [-0.1, -0.05) is 0 Å². The van der Waals surface area contributed by atoms with Crippen LogP contribution in [0.4, 0.5) is 5.69 Å². The Morgan fingerprint density at radius 3 is 2.45 bits per heavy atom. The predicted molar refractivity (Wildman–Crippen MR) is 73.9 cm³/mol. The number of rotatable bonds is 9. The quantitative estimate of drug-likeness (QED) is 0.675. The highest BCUT2D eigenvalue weighted by Gasteiger charge is 2.05. The Kier molecular flexibility index (Phi) is 7.13. The third-order valence-electron chi connectivity index (χ3n) is 2.40. The van der Waals surface area contributed by atoms with E-state index in [0.717, 1.165) is 0 Å². The minimum Gasteiger partial charge on any atom is -0.491 e. The summed E-state index contributed by atoms with van der Waals surface area (Å²) in [6.45, 7) is 3.58. The summed E-state index contributed by atoms with van der Waals surface area (Å²) < 4.78 is 10.6. The lowest BCUT2D eigenvalue weighted by Gasteiger charge is -2.08. The number of nitrogens with one attached hydrogen (secondary N) is 1. The number of aliphatic carboxylic acids is 1. The van der Waals surface area contributed by atoms with E-state index in [9.17, 15) is 9.59 Å². The van der Waals surface area contributed by atoms with Crippen LogP contribution in [0.25, 0.3) is 0 Å². The van der Waals surface area contributed by atoms with Crippen LogP contribution in [0.3, 0.4) is 0 Å². The van der Waals surface area contributed by atoms with Crippen LogP contribution in [0, 0.1) is 0 Å². The molecule has 1 aromatic rings. The molecule has 0 fully saturated rings. The summed E-state index contributed by atoms with van der Waals surface area (Å²) in [5.41, 5.74) is 0.609. The zero-order valence-electron chi connectivity index (χ0n) is 11.4. The fourth-order valence-corrected chi connectivity index (χ4v) is 1.44. The van der Waals surface area contributed by atoms with Gasteiger partial charge in [0.2, 0.25) is 5.91 Å². The van der Waals surface area contributed by atoms with E-state index >= 15 is 0 Å². The molecular weight excluding hydrogens is 262 g/mol. The van der Waals surface area contributed by atoms with Gasteiger partial charge in [-0.25, -0.2) is 0 Å². The van der Waals surface area contributed by atoms with Gasteiger partial charge in [0, 0.05) is 18.7 Å². The second-order valence-electron chi connectivity index (χ2n) is 4.01. The molecule has 0 heterocycles. The third-order valence-corrected chi connectivity index (χ3v) is 2.40. The average Bonchev–Trinajstić information content (AvgIpc) is 2.43. The summed E-state index contributed by atoms with van der Waals surface area (Å²) in [6, 6.07) is 6.88. The number of carbonyl (C=O) groups excluding carboxylic acids is 1. The molecule has 0 saturated heterocycles. The van der Waals surface area contributed by atoms with Crippen LogP contribution < -0.4 is 10.1 Å². The average molecular weight is 281 g/mol. The Bertz CT molecular complexity index is 430. The molecule has 1 aromatic carbocycles. The van der Waals surface area contributed by atoms with E-state index in [2.05, 4.69) is 5.32 Å². The van der Waals surface area contributed by atoms with E-state index in [0.29, 0.717) is 31.3 Å². The smallest absolute Gasteiger partial charge is 0.303 e. The van der Waals surface area contributed by atoms with Crippen molar-refractivity contribution < 1.29 is 24.2 Å². The van der Waals surface area contributed by atoms with Crippen LogP contribution in [-0.4, -0.2) is 36.8 Å². The van der Waals surface area contributed by atoms with Gasteiger partial charge in [-0.2, -0.15) is 0 Å². The number of carboxylic acids is 1. The van der Waals surface area contributed by atoms with Crippen molar-refractivity contribution in [2.75, 3.05) is 25.1 Å². The lowest BCUT2D eigenvalue weighted by atomic mass is 10.2. The van der Waals surface area contributed by atoms with E-state index in [-0.39, 0.29) is 18.7 Å². The number of benzene rings is 1. The molecule has 1 amide bonds. The molecule has 2 N–H and O–H groups in total. The predicted octanol–water partition coefficient (Wildman–Crippen LogP) is 1.91. The van der Waals surface area contributed by atoms with E-state index in [1.165, 1.54) is 0 Å². The molecule has 0 aliphatic heterocycles. The SMILES string of the molecule is CCOCCOc1ccc(NC(=O)CCC(=O)O)cc1. The molecular formula is C14H19NO5. The van der Waals surface area contributed by atoms with Crippen molar-refractivity contribution in [2.24, 2.45) is 0 Å². The van der Waals surface area contributed by atoms with E-state index in [1.807, 2.05) is 6.92 Å². The standard InChI is InChI=1S/C14H19NO5/c1-2-19-9-10-20-12-5-3-11(4-6-12)15-13(16)7-8-14(17)18/h3-6H,2,7-10H2,1H3,(H,15,16)(H,17,18). The van der Waals surface area contributed by atoms with Crippen LogP contribution in [0.5, 0.6) is 5.75 Å². The van der Waals surface area contributed by atoms with E-state index in [1.54, 1.807) is 24.3 Å². The van der Waals surface area contributed by atoms with Crippen molar-refractivity contribution in [3.63, 3.8) is 0 Å². The molecule has 0 saturated carbocycles. The first kappa shape index (κ1) is 16.0. The number of carboxylic acid groups (broad SMARTS) is 1. The van der Waals surface area contributed by atoms with Gasteiger partial charge in [0.25, 0.3) is 0 Å². The van der Waals surface area contributed by atoms with Crippen LogP contribution in [0.2, 0.25) is 0 Å². The van der Waals surface area contributed by atoms with Crippen molar-refractivity contribution in [3.8, 4) is 5.75 Å². The highest BCUT2D eigenvalue weighted by molar-refractivity contribution is 5.92. The van der Waals surface area contributed by atoms with Gasteiger partial charge in [0.05, 0.1) is 13.0 Å². The molecule has 0 aliphatic rings. The van der Waals surface area contributed by atoms with Crippen LogP contribution in [0.1, 0.15) is 19.8 Å². The third kappa shape index (κ3) is 6.75. The van der Waals surface area contributed by atoms with Gasteiger partial charge in [-0.05, 0) is 31.2 Å². The first-order valence-electron chi connectivity index (χ1n) is 6.44. The van der Waals surface area contributed by atoms with Crippen molar-refractivity contribution in [1.29, 1.82) is 0 Å². The molecule has 0 aliphatic carbocycles. The van der Waals surface area contributed by atoms with Crippen molar-refractivity contribution in [2.45, 2.75) is 19.8 Å². The normalized spacial score (nSPS) is 10.1. The second-order valence-corrected chi connectivity index (χ2v) is 4.01. The molecule has 1 rings (SSSR count). The minimum absolute atomic E-state index is 0.0397. The largest absolute Gasteiger partial charge is 0.491 e. The first-order valence-corrected chi connectivity index (χ1v) is 6.44. The summed E-state index contributed by atoms with van der Waals surface area (Å²) in [5.74, 6) is -0.621. The Balaban J connectivity index is 2.34. The number of amides is 1. The number of carbonyl (C=O) groups is 2. The molecule has 0 atom stereocenters. The van der Waals surface area contributed by atoms with Crippen LogP contribution >= 0.6 is 0 Å². The molecule has 0 bridgehead atoms. The van der Waals surface area contributed by atoms with Crippen molar-refractivity contribution in [1.82, 2.24) is 0 Å². The molecule has 0 unspecified atom stereocenters. The van der Waals surface area contributed by atoms with E-state index in [4.69, 9.17) is 14.6 Å². The zero-order chi connectivity index (χ0) is 14.8. The fourth-order valence-electron chi connectivity index (χ4n) is 1.44. The summed E-state index contributed by atoms with van der Waals surface area (Å²) in [4.78, 5) is 21.8. The Labute approximate surface area is 117 Å². The number of anilines is 1. The molecule has 0 radical (unpaired) electrons. The maximum Gasteiger partial charge on any atom is 0.303 e. The molecule has 0 spiro atoms. The van der Waals surface area contributed by atoms with Crippen molar-refractivity contribution >= 4 is 17.6 Å². The topological polar surface area (TPSA) is 84.9 Å². The Morgan fingerprint density at radius 2 is 1.85 bits per heavy atom. The summed E-state index contributed by atoms with van der Waals surface area (Å²) >= 11 is 0. The fraction of sp³-hybridized carbons (Fsp3) is 0.429. The minimum atomic E-state index is -0.988. The summed E-state index contributed by atoms with van der Waals surface area (Å²) in [7, 11) is 0. The van der Waals surface area contributed by atoms with Crippen molar-refractivity contribution in [3.05, 3.63) is 24.3 Å². The highest BCUT2D eigenvalue weighted by Crippen LogP contribution is 2.15. The maximum absolute atomic E-state index is 11.4. The van der Waals surface area contributed by atoms with Gasteiger partial charge < -0.3 is 19.9 Å². The number of ether oxygens (including phenoxy) is 2. The molecule has 6 heteroatoms. The van der Waals surface area contributed by atoms with Crippen LogP contribution in [-0.2, 0) is 14.3 Å². The summed E-state index contributed by atoms with van der Waals surface area (Å²) in [6.07, 6.45) is -0.216. The molecule has 0 aromatic heterocycles. The lowest BCUT2D eigenvalue weighted by Crippen LogP contribution is -2.13. The Hall–Kier alpha value is -2.08. The molecule has 6 nitrogen and oxygen atoms in total. The highest BCUT2D eigenvalue weighted by atomic mass is 16.5. The zero-order valence-corrected chi connectivity index (χ0v) is 11.4. The van der Waals surface area contributed by atoms with Crippen LogP contribution in [0.15, 0.2) is 24.3 Å². The van der Waals surface area contributed by atoms with Gasteiger partial charge in [-0.15, -0.1) is 0 Å². The van der Waals surface area contributed by atoms with Gasteiger partial charge in [0.15, 0.2) is 0 Å². The van der Waals surface area contributed by atoms with Gasteiger partial charge in [-0.3, -0.25) is 9.59 Å². The number of hydrogen-bond donors (Lipinski definition) is 2. The maximum atomic E-state index is 11.4.